The van der Waals surface area contributed by atoms with Crippen LogP contribution < -0.4 is 16.2 Å². The van der Waals surface area contributed by atoms with Crippen molar-refractivity contribution in [2.45, 2.75) is 13.0 Å². The lowest BCUT2D eigenvalue weighted by atomic mass is 9.99. The van der Waals surface area contributed by atoms with Gasteiger partial charge < -0.3 is 25.8 Å². The third-order valence-electron chi connectivity index (χ3n) is 4.91. The average molecular weight is 413 g/mol. The first-order valence-corrected chi connectivity index (χ1v) is 9.24. The molecule has 30 heavy (non-hydrogen) atoms. The number of nitrogens with zero attached hydrogens (tertiary/aromatic N) is 3. The second kappa shape index (κ2) is 8.40. The maximum Gasteiger partial charge on any atom is 0.254 e. The predicted octanol–water partition coefficient (Wildman–Crippen LogP) is 2.37. The van der Waals surface area contributed by atoms with Crippen LogP contribution in [0.2, 0.25) is 0 Å². The molecule has 0 saturated heterocycles. The van der Waals surface area contributed by atoms with E-state index in [1.807, 2.05) is 0 Å². The van der Waals surface area contributed by atoms with Gasteiger partial charge in [-0.1, -0.05) is 0 Å². The molecular formula is C21H24FN5O3. The number of halogens is 1. The summed E-state index contributed by atoms with van der Waals surface area (Å²) in [5, 5.41) is 0. The minimum atomic E-state index is -0.668. The Hall–Kier alpha value is -3.62. The van der Waals surface area contributed by atoms with Crippen LogP contribution in [0.1, 0.15) is 34.5 Å². The van der Waals surface area contributed by atoms with Crippen LogP contribution in [0.5, 0.6) is 5.75 Å². The van der Waals surface area contributed by atoms with Crippen molar-refractivity contribution < 1.29 is 18.7 Å². The monoisotopic (exact) mass is 413 g/mol. The zero-order valence-corrected chi connectivity index (χ0v) is 17.3. The van der Waals surface area contributed by atoms with Crippen LogP contribution in [0, 0.1) is 5.82 Å². The summed E-state index contributed by atoms with van der Waals surface area (Å²) in [6.45, 7) is 1.85. The van der Waals surface area contributed by atoms with E-state index in [1.165, 1.54) is 36.4 Å². The molecule has 3 rings (SSSR count). The highest BCUT2D eigenvalue weighted by Crippen LogP contribution is 2.32. The molecule has 1 aliphatic rings. The molecule has 2 aromatic rings. The number of methoxy groups -OCH3 is 1. The molecule has 1 aromatic carbocycles. The highest BCUT2D eigenvalue weighted by molar-refractivity contribution is 6.26. The number of aromatic nitrogens is 1. The summed E-state index contributed by atoms with van der Waals surface area (Å²) < 4.78 is 25.2. The molecule has 158 valence electrons. The lowest BCUT2D eigenvalue weighted by Gasteiger charge is -2.25. The number of hydrogen-bond acceptors (Lipinski definition) is 7. The van der Waals surface area contributed by atoms with Gasteiger partial charge in [0.1, 0.15) is 11.9 Å². The van der Waals surface area contributed by atoms with Crippen LogP contribution in [0.3, 0.4) is 0 Å². The fourth-order valence-corrected chi connectivity index (χ4v) is 3.32. The predicted molar refractivity (Wildman–Crippen MR) is 113 cm³/mol. The summed E-state index contributed by atoms with van der Waals surface area (Å²) in [6, 6.07) is 5.64. The summed E-state index contributed by atoms with van der Waals surface area (Å²) in [4.78, 5) is 23.2. The molecule has 0 aliphatic carbocycles. The normalized spacial score (nSPS) is 20.0. The van der Waals surface area contributed by atoms with Crippen LogP contribution >= 0.6 is 0 Å². The lowest BCUT2D eigenvalue weighted by Crippen LogP contribution is -2.34. The van der Waals surface area contributed by atoms with Crippen molar-refractivity contribution in [2.75, 3.05) is 33.5 Å². The van der Waals surface area contributed by atoms with Crippen molar-refractivity contribution in [3.05, 3.63) is 58.9 Å². The minimum absolute atomic E-state index is 0.113. The molecule has 1 aliphatic heterocycles. The van der Waals surface area contributed by atoms with Crippen molar-refractivity contribution >= 4 is 23.0 Å². The number of rotatable bonds is 1. The second-order valence-corrected chi connectivity index (χ2v) is 6.87. The topological polar surface area (TPSA) is 116 Å². The van der Waals surface area contributed by atoms with Gasteiger partial charge in [0, 0.05) is 37.0 Å². The summed E-state index contributed by atoms with van der Waals surface area (Å²) in [5.74, 6) is -0.253. The van der Waals surface area contributed by atoms with Gasteiger partial charge in [0.05, 0.1) is 24.9 Å². The minimum Gasteiger partial charge on any atom is -0.482 e. The van der Waals surface area contributed by atoms with E-state index in [0.717, 1.165) is 0 Å². The van der Waals surface area contributed by atoms with Crippen LogP contribution in [0.15, 0.2) is 41.3 Å². The highest BCUT2D eigenvalue weighted by Gasteiger charge is 2.26. The van der Waals surface area contributed by atoms with Gasteiger partial charge in [-0.25, -0.2) is 9.37 Å². The number of carbonyl (C=O) groups excluding carboxylic acids is 1. The summed E-state index contributed by atoms with van der Waals surface area (Å²) >= 11 is 0. The van der Waals surface area contributed by atoms with E-state index in [9.17, 15) is 9.18 Å². The van der Waals surface area contributed by atoms with E-state index in [2.05, 4.69) is 9.98 Å². The number of benzene rings is 1. The van der Waals surface area contributed by atoms with Gasteiger partial charge in [-0.3, -0.25) is 9.79 Å². The number of fused-ring (bicyclic) bond motifs is 3. The third-order valence-corrected chi connectivity index (χ3v) is 4.91. The van der Waals surface area contributed by atoms with Gasteiger partial charge in [0.25, 0.3) is 5.91 Å². The molecule has 2 heterocycles. The molecule has 2 bridgehead atoms. The molecule has 1 atom stereocenters. The molecule has 0 fully saturated rings. The van der Waals surface area contributed by atoms with Crippen molar-refractivity contribution in [1.29, 1.82) is 0 Å². The fraction of sp³-hybridized carbons (Fsp3) is 0.286. The van der Waals surface area contributed by atoms with E-state index < -0.39 is 11.9 Å². The maximum atomic E-state index is 14.0. The Bertz CT molecular complexity index is 1050. The quantitative estimate of drug-likeness (QED) is 0.694. The maximum absolute atomic E-state index is 14.0. The molecule has 9 heteroatoms. The summed E-state index contributed by atoms with van der Waals surface area (Å²) in [6.07, 6.45) is 0.860. The van der Waals surface area contributed by atoms with E-state index in [1.54, 1.807) is 27.1 Å². The van der Waals surface area contributed by atoms with E-state index in [0.29, 0.717) is 28.0 Å². The van der Waals surface area contributed by atoms with Crippen molar-refractivity contribution in [2.24, 2.45) is 10.7 Å². The highest BCUT2D eigenvalue weighted by atomic mass is 19.1. The fourth-order valence-electron chi connectivity index (χ4n) is 3.32. The zero-order valence-electron chi connectivity index (χ0n) is 17.3. The SMILES string of the molecule is CN=C1CN(C)C(=O)c2ccc(F)cc2C(C)Oc2cc(cnc2N)C1=C(N)OC. The van der Waals surface area contributed by atoms with Gasteiger partial charge in [-0.05, 0) is 31.2 Å². The first-order valence-electron chi connectivity index (χ1n) is 9.24. The Morgan fingerprint density at radius 3 is 2.80 bits per heavy atom. The number of aliphatic imine (C=N–C) groups is 1. The molecule has 1 amide bonds. The average Bonchev–Trinajstić information content (AvgIpc) is 2.73. The number of anilines is 1. The molecule has 1 aromatic heterocycles. The largest absolute Gasteiger partial charge is 0.482 e. The number of pyridine rings is 1. The standard InChI is InChI=1S/C21H24FN5O3/c1-11-15-8-13(22)5-6-14(15)21(28)27(3)10-16(25-2)18(20(24)29-4)12-7-17(30-11)19(23)26-9-12/h5-9,11H,10,24H2,1-4H3,(H2,23,26). The first kappa shape index (κ1) is 21.1. The Kier molecular flexibility index (Phi) is 5.91. The number of hydrogen-bond donors (Lipinski definition) is 2. The van der Waals surface area contributed by atoms with Gasteiger partial charge in [0.15, 0.2) is 17.5 Å². The molecule has 1 unspecified atom stereocenters. The Morgan fingerprint density at radius 1 is 1.40 bits per heavy atom. The van der Waals surface area contributed by atoms with Crippen LogP contribution in [0.25, 0.3) is 5.57 Å². The Labute approximate surface area is 174 Å². The first-order chi connectivity index (χ1) is 14.3. The van der Waals surface area contributed by atoms with Gasteiger partial charge in [-0.15, -0.1) is 0 Å². The van der Waals surface area contributed by atoms with Crippen molar-refractivity contribution in [1.82, 2.24) is 9.88 Å². The lowest BCUT2D eigenvalue weighted by molar-refractivity contribution is 0.0810. The zero-order chi connectivity index (χ0) is 22.0. The van der Waals surface area contributed by atoms with E-state index in [-0.39, 0.29) is 29.9 Å². The molecule has 0 spiro atoms. The van der Waals surface area contributed by atoms with Gasteiger partial charge >= 0.3 is 0 Å². The molecule has 4 N–H and O–H groups in total. The molecule has 8 nitrogen and oxygen atoms in total. The molecular weight excluding hydrogens is 389 g/mol. The Morgan fingerprint density at radius 2 is 2.13 bits per heavy atom. The van der Waals surface area contributed by atoms with E-state index in [4.69, 9.17) is 20.9 Å². The number of nitrogen functional groups attached to an aromatic ring is 1. The smallest absolute Gasteiger partial charge is 0.254 e. The van der Waals surface area contributed by atoms with Crippen LogP contribution in [0.4, 0.5) is 10.2 Å². The second-order valence-electron chi connectivity index (χ2n) is 6.87. The van der Waals surface area contributed by atoms with Crippen LogP contribution in [-0.4, -0.2) is 49.3 Å². The summed E-state index contributed by atoms with van der Waals surface area (Å²) in [5.41, 5.74) is 14.4. The van der Waals surface area contributed by atoms with Gasteiger partial charge in [-0.2, -0.15) is 0 Å². The number of amides is 1. The molecule has 0 saturated carbocycles. The molecule has 0 radical (unpaired) electrons. The summed E-state index contributed by atoms with van der Waals surface area (Å²) in [7, 11) is 4.66. The van der Waals surface area contributed by atoms with Crippen LogP contribution in [-0.2, 0) is 4.74 Å². The van der Waals surface area contributed by atoms with Gasteiger partial charge in [0.2, 0.25) is 0 Å². The van der Waals surface area contributed by atoms with Crippen molar-refractivity contribution in [3.8, 4) is 5.75 Å². The number of nitrogens with two attached hydrogens (primary N) is 2. The number of ether oxygens (including phenoxy) is 2. The Balaban J connectivity index is 2.28. The van der Waals surface area contributed by atoms with E-state index >= 15 is 0 Å². The number of carbonyl (C=O) groups is 1. The van der Waals surface area contributed by atoms with Crippen molar-refractivity contribution in [3.63, 3.8) is 0 Å². The third kappa shape index (κ3) is 3.91.